The van der Waals surface area contributed by atoms with Crippen LogP contribution in [0.1, 0.15) is 77.6 Å². The maximum Gasteiger partial charge on any atom is 0.347 e. The van der Waals surface area contributed by atoms with Crippen molar-refractivity contribution < 1.29 is 18.3 Å². The molecule has 0 fully saturated rings. The van der Waals surface area contributed by atoms with Crippen molar-refractivity contribution in [3.63, 3.8) is 0 Å². The zero-order valence-corrected chi connectivity index (χ0v) is 12.7. The van der Waals surface area contributed by atoms with E-state index in [2.05, 4.69) is 6.92 Å². The van der Waals surface area contributed by atoms with Gasteiger partial charge in [0.1, 0.15) is 0 Å². The molecular formula is C14H26O4S. The Labute approximate surface area is 117 Å². The van der Waals surface area contributed by atoms with Crippen molar-refractivity contribution >= 4 is 21.1 Å². The standard InChI is InChI=1S/C14H26O4S/c1-2-3-4-5-6-7-8-9-10-11-12-13(14(15)16)19(17)18/h2-12H2,1H3,(H,15,16). The summed E-state index contributed by atoms with van der Waals surface area (Å²) in [5.74, 6) is -1.32. The molecule has 19 heavy (non-hydrogen) atoms. The summed E-state index contributed by atoms with van der Waals surface area (Å²) >= 11 is 0. The highest BCUT2D eigenvalue weighted by atomic mass is 32.2. The lowest BCUT2D eigenvalue weighted by atomic mass is 10.1. The van der Waals surface area contributed by atoms with Crippen LogP contribution >= 0.6 is 0 Å². The summed E-state index contributed by atoms with van der Waals surface area (Å²) in [5.41, 5.74) is 0. The van der Waals surface area contributed by atoms with Crippen molar-refractivity contribution in [2.75, 3.05) is 0 Å². The highest BCUT2D eigenvalue weighted by molar-refractivity contribution is 7.74. The smallest absolute Gasteiger partial charge is 0.347 e. The Morgan fingerprint density at radius 2 is 1.26 bits per heavy atom. The van der Waals surface area contributed by atoms with Crippen LogP contribution in [0.15, 0.2) is 0 Å². The van der Waals surface area contributed by atoms with E-state index in [1.165, 1.54) is 38.5 Å². The van der Waals surface area contributed by atoms with Crippen molar-refractivity contribution in [1.82, 2.24) is 0 Å². The van der Waals surface area contributed by atoms with Gasteiger partial charge in [-0.2, -0.15) is 8.42 Å². The van der Waals surface area contributed by atoms with E-state index in [9.17, 15) is 13.2 Å². The number of carboxylic acids is 1. The van der Waals surface area contributed by atoms with Gasteiger partial charge in [0.05, 0.1) is 0 Å². The molecule has 0 heterocycles. The van der Waals surface area contributed by atoms with Gasteiger partial charge in [0.25, 0.3) is 0 Å². The van der Waals surface area contributed by atoms with Gasteiger partial charge in [0.15, 0.2) is 4.86 Å². The Hall–Kier alpha value is -0.840. The fourth-order valence-electron chi connectivity index (χ4n) is 2.03. The quantitative estimate of drug-likeness (QED) is 0.441. The van der Waals surface area contributed by atoms with Gasteiger partial charge in [0.2, 0.25) is 10.3 Å². The molecule has 0 radical (unpaired) electrons. The van der Waals surface area contributed by atoms with E-state index in [1.807, 2.05) is 0 Å². The van der Waals surface area contributed by atoms with Crippen molar-refractivity contribution in [2.45, 2.75) is 77.6 Å². The summed E-state index contributed by atoms with van der Waals surface area (Å²) in [6.45, 7) is 2.21. The Kier molecular flexibility index (Phi) is 11.7. The minimum atomic E-state index is -2.58. The molecule has 0 unspecified atom stereocenters. The number of carbonyl (C=O) groups is 1. The van der Waals surface area contributed by atoms with Crippen LogP contribution in [-0.4, -0.2) is 24.4 Å². The average molecular weight is 290 g/mol. The van der Waals surface area contributed by atoms with E-state index in [-0.39, 0.29) is 11.3 Å². The summed E-state index contributed by atoms with van der Waals surface area (Å²) in [6, 6.07) is 0. The molecule has 0 atom stereocenters. The Balaban J connectivity index is 3.46. The fourth-order valence-corrected chi connectivity index (χ4v) is 2.49. The molecular weight excluding hydrogens is 264 g/mol. The third-order valence-electron chi connectivity index (χ3n) is 3.20. The first kappa shape index (κ1) is 18.2. The van der Waals surface area contributed by atoms with E-state index in [1.54, 1.807) is 0 Å². The molecule has 0 aromatic carbocycles. The summed E-state index contributed by atoms with van der Waals surface area (Å²) in [4.78, 5) is 10.2. The molecule has 0 aliphatic heterocycles. The largest absolute Gasteiger partial charge is 0.477 e. The molecule has 5 heteroatoms. The number of carboxylic acid groups (broad SMARTS) is 1. The Bertz CT molecular complexity index is 363. The van der Waals surface area contributed by atoms with Crippen LogP contribution in [0.2, 0.25) is 0 Å². The summed E-state index contributed by atoms with van der Waals surface area (Å²) < 4.78 is 21.2. The van der Waals surface area contributed by atoms with E-state index < -0.39 is 16.3 Å². The van der Waals surface area contributed by atoms with Crippen molar-refractivity contribution in [3.05, 3.63) is 0 Å². The van der Waals surface area contributed by atoms with Crippen LogP contribution in [-0.2, 0) is 15.1 Å². The lowest BCUT2D eigenvalue weighted by Gasteiger charge is -2.01. The molecule has 0 saturated carbocycles. The predicted octanol–water partition coefficient (Wildman–Crippen LogP) is 3.43. The topological polar surface area (TPSA) is 71.4 Å². The number of aliphatic carboxylic acids is 1. The van der Waals surface area contributed by atoms with Gasteiger partial charge in [-0.05, 0) is 12.8 Å². The molecule has 0 spiro atoms. The third-order valence-corrected chi connectivity index (χ3v) is 3.98. The van der Waals surface area contributed by atoms with Gasteiger partial charge in [-0.15, -0.1) is 0 Å². The fraction of sp³-hybridized carbons (Fsp3) is 0.857. The van der Waals surface area contributed by atoms with Crippen LogP contribution in [0.25, 0.3) is 0 Å². The average Bonchev–Trinajstić information content (AvgIpc) is 2.35. The normalized spacial score (nSPS) is 10.4. The Morgan fingerprint density at radius 1 is 0.842 bits per heavy atom. The van der Waals surface area contributed by atoms with Gasteiger partial charge in [-0.25, -0.2) is 4.79 Å². The zero-order chi connectivity index (χ0) is 14.5. The van der Waals surface area contributed by atoms with Crippen molar-refractivity contribution in [2.24, 2.45) is 0 Å². The predicted molar refractivity (Wildman–Crippen MR) is 78.0 cm³/mol. The number of rotatable bonds is 12. The summed E-state index contributed by atoms with van der Waals surface area (Å²) in [5, 5.41) is 8.66. The van der Waals surface area contributed by atoms with Crippen LogP contribution in [0.4, 0.5) is 0 Å². The van der Waals surface area contributed by atoms with E-state index in [0.29, 0.717) is 6.42 Å². The van der Waals surface area contributed by atoms with Crippen molar-refractivity contribution in [1.29, 1.82) is 0 Å². The number of hydrogen-bond acceptors (Lipinski definition) is 3. The second-order valence-electron chi connectivity index (χ2n) is 4.90. The highest BCUT2D eigenvalue weighted by Crippen LogP contribution is 2.11. The summed E-state index contributed by atoms with van der Waals surface area (Å²) in [6.07, 6.45) is 11.6. The van der Waals surface area contributed by atoms with Crippen LogP contribution in [0.3, 0.4) is 0 Å². The first-order valence-electron chi connectivity index (χ1n) is 7.28. The molecule has 1 N–H and O–H groups in total. The minimum absolute atomic E-state index is 0.155. The van der Waals surface area contributed by atoms with E-state index >= 15 is 0 Å². The Morgan fingerprint density at radius 3 is 1.63 bits per heavy atom. The van der Waals surface area contributed by atoms with Crippen molar-refractivity contribution in [3.8, 4) is 0 Å². The molecule has 112 valence electrons. The molecule has 0 aromatic heterocycles. The molecule has 0 rings (SSSR count). The van der Waals surface area contributed by atoms with Gasteiger partial charge in [-0.3, -0.25) is 0 Å². The molecule has 0 saturated heterocycles. The lowest BCUT2D eigenvalue weighted by molar-refractivity contribution is -0.129. The second-order valence-corrected chi connectivity index (χ2v) is 5.86. The lowest BCUT2D eigenvalue weighted by Crippen LogP contribution is -2.13. The molecule has 0 aliphatic carbocycles. The number of hydrogen-bond donors (Lipinski definition) is 1. The number of unbranched alkanes of at least 4 members (excludes halogenated alkanes) is 9. The SMILES string of the molecule is CCCCCCCCCCCCC(C(=O)O)=S(=O)=O. The maximum atomic E-state index is 10.6. The first-order valence-corrected chi connectivity index (χ1v) is 8.35. The molecule has 0 aliphatic rings. The molecule has 0 amide bonds. The summed E-state index contributed by atoms with van der Waals surface area (Å²) in [7, 11) is -2.58. The highest BCUT2D eigenvalue weighted by Gasteiger charge is 2.10. The molecule has 4 nitrogen and oxygen atoms in total. The van der Waals surface area contributed by atoms with Gasteiger partial charge >= 0.3 is 5.97 Å². The van der Waals surface area contributed by atoms with Gasteiger partial charge in [-0.1, -0.05) is 64.7 Å². The van der Waals surface area contributed by atoms with Crippen LogP contribution < -0.4 is 0 Å². The molecule has 0 aromatic rings. The van der Waals surface area contributed by atoms with Crippen LogP contribution in [0.5, 0.6) is 0 Å². The second kappa shape index (κ2) is 12.2. The minimum Gasteiger partial charge on any atom is -0.477 e. The first-order chi connectivity index (χ1) is 9.09. The third kappa shape index (κ3) is 10.7. The van der Waals surface area contributed by atoms with Crippen LogP contribution in [0, 0.1) is 0 Å². The molecule has 0 bridgehead atoms. The van der Waals surface area contributed by atoms with E-state index in [4.69, 9.17) is 5.11 Å². The monoisotopic (exact) mass is 290 g/mol. The van der Waals surface area contributed by atoms with E-state index in [0.717, 1.165) is 19.3 Å². The maximum absolute atomic E-state index is 10.6. The van der Waals surface area contributed by atoms with Gasteiger partial charge in [0, 0.05) is 0 Å². The van der Waals surface area contributed by atoms with Gasteiger partial charge < -0.3 is 5.11 Å². The zero-order valence-electron chi connectivity index (χ0n) is 11.9.